The molecule has 0 radical (unpaired) electrons. The number of hydrogen-bond acceptors (Lipinski definition) is 1. The maximum absolute atomic E-state index is 6.31. The first-order valence-corrected chi connectivity index (χ1v) is 10.0. The van der Waals surface area contributed by atoms with Crippen molar-refractivity contribution in [3.8, 4) is 0 Å². The van der Waals surface area contributed by atoms with Crippen molar-refractivity contribution in [3.05, 3.63) is 34.6 Å². The molecule has 0 spiro atoms. The van der Waals surface area contributed by atoms with Gasteiger partial charge in [0.2, 0.25) is 0 Å². The average Bonchev–Trinajstić information content (AvgIpc) is 3.00. The second-order valence-electron chi connectivity index (χ2n) is 6.03. The zero-order chi connectivity index (χ0) is 18.0. The summed E-state index contributed by atoms with van der Waals surface area (Å²) in [5.41, 5.74) is 13.4. The Morgan fingerprint density at radius 3 is 2.09 bits per heavy atom. The largest absolute Gasteiger partial charge is 0.402 e. The molecule has 2 saturated carbocycles. The van der Waals surface area contributed by atoms with Gasteiger partial charge in [-0.1, -0.05) is 66.5 Å². The van der Waals surface area contributed by atoms with Crippen LogP contribution in [0.4, 0.5) is 0 Å². The van der Waals surface area contributed by atoms with Crippen LogP contribution in [-0.4, -0.2) is 0 Å². The summed E-state index contributed by atoms with van der Waals surface area (Å²) in [5.74, 6) is 1.67. The van der Waals surface area contributed by atoms with Gasteiger partial charge < -0.3 is 5.73 Å². The molecule has 3 aliphatic carbocycles. The molecule has 1 nitrogen and oxygen atoms in total. The van der Waals surface area contributed by atoms with E-state index in [-0.39, 0.29) is 0 Å². The summed E-state index contributed by atoms with van der Waals surface area (Å²) in [6.45, 7) is 18.3. The van der Waals surface area contributed by atoms with Crippen LogP contribution >= 0.6 is 0 Å². The van der Waals surface area contributed by atoms with Crippen LogP contribution in [-0.2, 0) is 0 Å². The maximum Gasteiger partial charge on any atom is 0.0122 e. The Kier molecular flexibility index (Phi) is 11.0. The molecular weight excluding hydrogens is 278 g/mol. The summed E-state index contributed by atoms with van der Waals surface area (Å²) in [4.78, 5) is 0. The number of rotatable bonds is 1. The summed E-state index contributed by atoms with van der Waals surface area (Å²) in [7, 11) is 0. The van der Waals surface area contributed by atoms with Gasteiger partial charge in [0.1, 0.15) is 0 Å². The minimum absolute atomic E-state index is 0.786. The van der Waals surface area contributed by atoms with Crippen LogP contribution in [0.15, 0.2) is 34.6 Å². The minimum Gasteiger partial charge on any atom is -0.402 e. The molecule has 0 aromatic carbocycles. The molecule has 23 heavy (non-hydrogen) atoms. The van der Waals surface area contributed by atoms with Crippen molar-refractivity contribution >= 4 is 0 Å². The molecule has 3 rings (SSSR count). The molecule has 0 bridgehead atoms. The van der Waals surface area contributed by atoms with Crippen LogP contribution in [0.1, 0.15) is 93.4 Å². The lowest BCUT2D eigenvalue weighted by atomic mass is 9.78. The minimum atomic E-state index is 0.786. The highest BCUT2D eigenvalue weighted by Gasteiger charge is 2.40. The Morgan fingerprint density at radius 2 is 1.52 bits per heavy atom. The van der Waals surface area contributed by atoms with Crippen molar-refractivity contribution < 1.29 is 0 Å². The van der Waals surface area contributed by atoms with E-state index in [4.69, 9.17) is 5.73 Å². The zero-order valence-corrected chi connectivity index (χ0v) is 16.9. The molecule has 0 aliphatic heterocycles. The first kappa shape index (κ1) is 22.0. The lowest BCUT2D eigenvalue weighted by Gasteiger charge is -2.27. The molecule has 3 aliphatic rings. The van der Waals surface area contributed by atoms with Crippen molar-refractivity contribution in [1.82, 2.24) is 0 Å². The lowest BCUT2D eigenvalue weighted by Crippen LogP contribution is -2.18. The van der Waals surface area contributed by atoms with Gasteiger partial charge in [-0.2, -0.15) is 0 Å². The van der Waals surface area contributed by atoms with Crippen LogP contribution in [0.3, 0.4) is 0 Å². The standard InChI is InChI=1S/C16H23N.3C2H6/c1-10(2)12-7-8-15(17)16-13-6-4-3-5-11(13)9-14(12)16;3*1-2/h11,13H,1,3-9,17H2,2H3;3*1-2H3. The molecular formula is C22H41N. The number of hydrogen-bond donors (Lipinski definition) is 1. The van der Waals surface area contributed by atoms with Crippen LogP contribution in [0, 0.1) is 11.8 Å². The van der Waals surface area contributed by atoms with E-state index in [1.54, 1.807) is 11.1 Å². The Labute approximate surface area is 146 Å². The first-order valence-electron chi connectivity index (χ1n) is 10.0. The van der Waals surface area contributed by atoms with Crippen molar-refractivity contribution in [2.75, 3.05) is 0 Å². The van der Waals surface area contributed by atoms with Gasteiger partial charge in [0.25, 0.3) is 0 Å². The van der Waals surface area contributed by atoms with E-state index in [2.05, 4.69) is 13.5 Å². The third-order valence-electron chi connectivity index (χ3n) is 4.94. The van der Waals surface area contributed by atoms with E-state index in [1.807, 2.05) is 41.5 Å². The average molecular weight is 320 g/mol. The summed E-state index contributed by atoms with van der Waals surface area (Å²) in [6.07, 6.45) is 9.06. The molecule has 0 aromatic rings. The predicted octanol–water partition coefficient (Wildman–Crippen LogP) is 7.15. The second kappa shape index (κ2) is 11.5. The third-order valence-corrected chi connectivity index (χ3v) is 4.94. The van der Waals surface area contributed by atoms with Crippen molar-refractivity contribution in [2.24, 2.45) is 17.6 Å². The highest BCUT2D eigenvalue weighted by Crippen LogP contribution is 2.53. The van der Waals surface area contributed by atoms with Crippen LogP contribution < -0.4 is 5.73 Å². The third kappa shape index (κ3) is 4.99. The van der Waals surface area contributed by atoms with E-state index in [0.29, 0.717) is 0 Å². The van der Waals surface area contributed by atoms with Gasteiger partial charge >= 0.3 is 0 Å². The van der Waals surface area contributed by atoms with Crippen LogP contribution in [0.5, 0.6) is 0 Å². The van der Waals surface area contributed by atoms with E-state index >= 15 is 0 Å². The fourth-order valence-electron chi connectivity index (χ4n) is 4.16. The molecule has 0 saturated heterocycles. The number of nitrogens with two attached hydrogens (primary N) is 1. The molecule has 0 amide bonds. The van der Waals surface area contributed by atoms with E-state index in [1.165, 1.54) is 48.9 Å². The number of fused-ring (bicyclic) bond motifs is 3. The van der Waals surface area contributed by atoms with E-state index < -0.39 is 0 Å². The summed E-state index contributed by atoms with van der Waals surface area (Å²) in [6, 6.07) is 0. The predicted molar refractivity (Wildman–Crippen MR) is 106 cm³/mol. The molecule has 0 aromatic heterocycles. The van der Waals surface area contributed by atoms with Gasteiger partial charge in [0.05, 0.1) is 0 Å². The van der Waals surface area contributed by atoms with Crippen LogP contribution in [0.25, 0.3) is 0 Å². The summed E-state index contributed by atoms with van der Waals surface area (Å²) in [5, 5.41) is 0. The van der Waals surface area contributed by atoms with Gasteiger partial charge in [-0.25, -0.2) is 0 Å². The highest BCUT2D eigenvalue weighted by atomic mass is 14.6. The Bertz CT molecular complexity index is 425. The lowest BCUT2D eigenvalue weighted by molar-refractivity contribution is 0.303. The van der Waals surface area contributed by atoms with Gasteiger partial charge in [0, 0.05) is 5.70 Å². The summed E-state index contributed by atoms with van der Waals surface area (Å²) < 4.78 is 0. The molecule has 1 heteroatoms. The smallest absolute Gasteiger partial charge is 0.0122 e. The van der Waals surface area contributed by atoms with Crippen molar-refractivity contribution in [2.45, 2.75) is 93.4 Å². The molecule has 2 atom stereocenters. The molecule has 2 N–H and O–H groups in total. The van der Waals surface area contributed by atoms with E-state index in [9.17, 15) is 0 Å². The SMILES string of the molecule is C=C(C)C1=C2CC3CCCCC3C2=C(N)CC1.CC.CC.CC. The Morgan fingerprint density at radius 1 is 0.957 bits per heavy atom. The monoisotopic (exact) mass is 319 g/mol. The molecule has 0 heterocycles. The van der Waals surface area contributed by atoms with Gasteiger partial charge in [0.15, 0.2) is 0 Å². The summed E-state index contributed by atoms with van der Waals surface area (Å²) >= 11 is 0. The quantitative estimate of drug-likeness (QED) is 0.545. The van der Waals surface area contributed by atoms with Crippen molar-refractivity contribution in [3.63, 3.8) is 0 Å². The first-order chi connectivity index (χ1) is 11.2. The highest BCUT2D eigenvalue weighted by molar-refractivity contribution is 5.52. The topological polar surface area (TPSA) is 26.0 Å². The maximum atomic E-state index is 6.31. The molecule has 2 unspecified atom stereocenters. The second-order valence-corrected chi connectivity index (χ2v) is 6.03. The molecule has 134 valence electrons. The Balaban J connectivity index is 0.000000728. The van der Waals surface area contributed by atoms with E-state index in [0.717, 1.165) is 24.7 Å². The van der Waals surface area contributed by atoms with Gasteiger partial charge in [-0.05, 0) is 67.6 Å². The Hall–Kier alpha value is -0.980. The fraction of sp³-hybridized carbons (Fsp3) is 0.727. The zero-order valence-electron chi connectivity index (χ0n) is 16.9. The van der Waals surface area contributed by atoms with Gasteiger partial charge in [-0.15, -0.1) is 0 Å². The van der Waals surface area contributed by atoms with Crippen molar-refractivity contribution in [1.29, 1.82) is 0 Å². The number of allylic oxidation sites excluding steroid dienone is 5. The van der Waals surface area contributed by atoms with Crippen LogP contribution in [0.2, 0.25) is 0 Å². The fourth-order valence-corrected chi connectivity index (χ4v) is 4.16. The normalized spacial score (nSPS) is 24.8. The molecule has 2 fully saturated rings. The van der Waals surface area contributed by atoms with Gasteiger partial charge in [-0.3, -0.25) is 0 Å².